The number of carbonyl (C=O) groups excluding carboxylic acids is 3. The number of rotatable bonds is 6. The number of carbonyl (C=O) groups is 3. The normalized spacial score (nSPS) is 25.8. The molecule has 3 N–H and O–H groups in total. The number of nitrogens with zero attached hydrogens (tertiary/aromatic N) is 3. The maximum absolute atomic E-state index is 13.3. The zero-order chi connectivity index (χ0) is 28.5. The van der Waals surface area contributed by atoms with Gasteiger partial charge in [-0.2, -0.15) is 0 Å². The third-order valence-electron chi connectivity index (χ3n) is 8.27. The van der Waals surface area contributed by atoms with E-state index in [0.29, 0.717) is 47.8 Å². The molecule has 3 unspecified atom stereocenters. The molecule has 4 aliphatic heterocycles. The van der Waals surface area contributed by atoms with Crippen LogP contribution in [0.25, 0.3) is 11.3 Å². The first kappa shape index (κ1) is 27.4. The number of hydrogen-bond donors (Lipinski definition) is 3. The number of methoxy groups -OCH3 is 1. The molecule has 3 atom stereocenters. The molecule has 4 aliphatic rings. The smallest absolute Gasteiger partial charge is 0.337 e. The number of ether oxygens (including phenoxy) is 2. The van der Waals surface area contributed by atoms with Crippen LogP contribution in [0.5, 0.6) is 0 Å². The highest BCUT2D eigenvalue weighted by atomic mass is 16.5. The van der Waals surface area contributed by atoms with Crippen molar-refractivity contribution in [1.82, 2.24) is 25.3 Å². The minimum Gasteiger partial charge on any atom is -0.465 e. The fourth-order valence-corrected chi connectivity index (χ4v) is 6.02. The number of likely N-dealkylation sites (tertiary alicyclic amines) is 1. The number of esters is 1. The fraction of sp³-hybridized carbons (Fsp3) is 0.433. The molecule has 0 aliphatic carbocycles. The molecule has 2 amide bonds. The fourth-order valence-electron chi connectivity index (χ4n) is 6.02. The predicted molar refractivity (Wildman–Crippen MR) is 154 cm³/mol. The van der Waals surface area contributed by atoms with Gasteiger partial charge in [0.25, 0.3) is 5.91 Å². The Bertz CT molecular complexity index is 1360. The lowest BCUT2D eigenvalue weighted by Gasteiger charge is -2.39. The Morgan fingerprint density at radius 3 is 2.59 bits per heavy atom. The van der Waals surface area contributed by atoms with Crippen molar-refractivity contribution in [3.8, 4) is 0 Å². The summed E-state index contributed by atoms with van der Waals surface area (Å²) in [5.41, 5.74) is 3.62. The molecule has 3 fully saturated rings. The largest absolute Gasteiger partial charge is 0.465 e. The summed E-state index contributed by atoms with van der Waals surface area (Å²) in [5.74, 6) is -0.621. The van der Waals surface area contributed by atoms with E-state index in [0.717, 1.165) is 38.2 Å². The Morgan fingerprint density at radius 1 is 1.05 bits per heavy atom. The minimum atomic E-state index is -0.466. The number of fused-ring (bicyclic) bond motifs is 2. The van der Waals surface area contributed by atoms with Crippen LogP contribution in [0.4, 0.5) is 5.69 Å². The molecule has 11 nitrogen and oxygen atoms in total. The van der Waals surface area contributed by atoms with E-state index >= 15 is 0 Å². The number of benzene rings is 2. The Kier molecular flexibility index (Phi) is 7.76. The second kappa shape index (κ2) is 11.6. The Labute approximate surface area is 239 Å². The molecule has 0 saturated carbocycles. The average Bonchev–Trinajstić information content (AvgIpc) is 3.56. The zero-order valence-corrected chi connectivity index (χ0v) is 23.4. The highest BCUT2D eigenvalue weighted by molar-refractivity contribution is 6.36. The van der Waals surface area contributed by atoms with Gasteiger partial charge in [-0.25, -0.2) is 4.79 Å². The van der Waals surface area contributed by atoms with Crippen LogP contribution in [0, 0.1) is 0 Å². The van der Waals surface area contributed by atoms with Gasteiger partial charge in [-0.05, 0) is 31.2 Å². The van der Waals surface area contributed by atoms with Crippen LogP contribution in [0.3, 0.4) is 0 Å². The van der Waals surface area contributed by atoms with E-state index in [-0.39, 0.29) is 30.2 Å². The Hall–Kier alpha value is -3.77. The summed E-state index contributed by atoms with van der Waals surface area (Å²) in [7, 11) is 3.43. The molecule has 6 rings (SSSR count). The summed E-state index contributed by atoms with van der Waals surface area (Å²) in [6.07, 6.45) is 0.194. The van der Waals surface area contributed by atoms with Gasteiger partial charge in [-0.15, -0.1) is 0 Å². The maximum Gasteiger partial charge on any atom is 0.337 e. The molecule has 2 aromatic carbocycles. The van der Waals surface area contributed by atoms with E-state index in [1.54, 1.807) is 18.2 Å². The second-order valence-corrected chi connectivity index (χ2v) is 11.0. The molecular weight excluding hydrogens is 524 g/mol. The molecular formula is C30H36N6O5. The first-order chi connectivity index (χ1) is 19.9. The molecule has 0 radical (unpaired) electrons. The number of morpholine rings is 1. The third kappa shape index (κ3) is 5.58. The van der Waals surface area contributed by atoms with E-state index in [2.05, 4.69) is 32.8 Å². The van der Waals surface area contributed by atoms with E-state index in [9.17, 15) is 14.4 Å². The minimum absolute atomic E-state index is 0.0213. The zero-order valence-electron chi connectivity index (χ0n) is 23.4. The van der Waals surface area contributed by atoms with Gasteiger partial charge in [0.1, 0.15) is 12.4 Å². The van der Waals surface area contributed by atoms with Crippen LogP contribution in [-0.2, 0) is 19.1 Å². The van der Waals surface area contributed by atoms with Crippen molar-refractivity contribution in [3.63, 3.8) is 0 Å². The van der Waals surface area contributed by atoms with Crippen molar-refractivity contribution < 1.29 is 23.9 Å². The first-order valence-corrected chi connectivity index (χ1v) is 14.1. The Balaban J connectivity index is 1.19. The lowest BCUT2D eigenvalue weighted by molar-refractivity contribution is -0.149. The third-order valence-corrected chi connectivity index (χ3v) is 8.27. The predicted octanol–water partition coefficient (Wildman–Crippen LogP) is 1.00. The summed E-state index contributed by atoms with van der Waals surface area (Å²) in [4.78, 5) is 44.9. The van der Waals surface area contributed by atoms with E-state index in [1.165, 1.54) is 7.11 Å². The molecule has 4 heterocycles. The standard InChI is InChI=1S/C30H36N6O5/c1-34-12-14-35(15-13-34)17-25(37)36-11-10-22-29(36)41-18-24(31-22)33-27(19-6-4-3-5-7-19)26-21-9-8-20(30(39)40-2)16-23(21)32-28(26)38/h3-9,16,22,24,29,31,33H,10-15,17-18H2,1-2H3,(H,32,38)/b27-26-. The molecule has 0 aromatic heterocycles. The second-order valence-electron chi connectivity index (χ2n) is 11.0. The SMILES string of the molecule is COC(=O)c1ccc2c(c1)NC(=O)/C2=C(\NC1COC2C(CCN2C(=O)CN2CCN(C)CC2)N1)c1ccccc1. The van der Waals surface area contributed by atoms with Crippen LogP contribution in [0.2, 0.25) is 0 Å². The van der Waals surface area contributed by atoms with Crippen LogP contribution in [0.15, 0.2) is 48.5 Å². The van der Waals surface area contributed by atoms with Gasteiger partial charge in [0.05, 0.1) is 48.8 Å². The summed E-state index contributed by atoms with van der Waals surface area (Å²) < 4.78 is 11.1. The number of nitrogens with one attached hydrogen (secondary N) is 3. The van der Waals surface area contributed by atoms with Gasteiger partial charge in [0.15, 0.2) is 0 Å². The molecule has 2 aromatic rings. The molecule has 3 saturated heterocycles. The lowest BCUT2D eigenvalue weighted by Crippen LogP contribution is -2.61. The van der Waals surface area contributed by atoms with E-state index in [4.69, 9.17) is 9.47 Å². The monoisotopic (exact) mass is 560 g/mol. The number of hydrogen-bond acceptors (Lipinski definition) is 9. The molecule has 216 valence electrons. The summed E-state index contributed by atoms with van der Waals surface area (Å²) in [5, 5.41) is 10.1. The molecule has 0 bridgehead atoms. The molecule has 11 heteroatoms. The lowest BCUT2D eigenvalue weighted by atomic mass is 9.99. The summed E-state index contributed by atoms with van der Waals surface area (Å²) in [6, 6.07) is 14.7. The summed E-state index contributed by atoms with van der Waals surface area (Å²) >= 11 is 0. The highest BCUT2D eigenvalue weighted by Crippen LogP contribution is 2.37. The number of likely N-dealkylation sites (N-methyl/N-ethyl adjacent to an activating group) is 1. The van der Waals surface area contributed by atoms with Gasteiger partial charge in [-0.3, -0.25) is 19.8 Å². The van der Waals surface area contributed by atoms with Crippen molar-refractivity contribution >= 4 is 34.7 Å². The topological polar surface area (TPSA) is 115 Å². The van der Waals surface area contributed by atoms with Gasteiger partial charge < -0.3 is 29.9 Å². The number of anilines is 1. The quantitative estimate of drug-likeness (QED) is 0.352. The van der Waals surface area contributed by atoms with Crippen molar-refractivity contribution in [3.05, 3.63) is 65.2 Å². The van der Waals surface area contributed by atoms with E-state index in [1.807, 2.05) is 35.2 Å². The van der Waals surface area contributed by atoms with Crippen molar-refractivity contribution in [2.45, 2.75) is 24.9 Å². The van der Waals surface area contributed by atoms with Crippen LogP contribution < -0.4 is 16.0 Å². The molecule has 41 heavy (non-hydrogen) atoms. The average molecular weight is 561 g/mol. The maximum atomic E-state index is 13.3. The summed E-state index contributed by atoms with van der Waals surface area (Å²) in [6.45, 7) is 5.11. The van der Waals surface area contributed by atoms with Crippen molar-refractivity contribution in [2.75, 3.05) is 65.3 Å². The van der Waals surface area contributed by atoms with Gasteiger partial charge in [-0.1, -0.05) is 36.4 Å². The van der Waals surface area contributed by atoms with Gasteiger partial charge in [0, 0.05) is 38.3 Å². The van der Waals surface area contributed by atoms with E-state index < -0.39 is 5.97 Å². The van der Waals surface area contributed by atoms with Gasteiger partial charge in [0.2, 0.25) is 5.91 Å². The van der Waals surface area contributed by atoms with Crippen molar-refractivity contribution in [1.29, 1.82) is 0 Å². The van der Waals surface area contributed by atoms with Crippen LogP contribution in [0.1, 0.15) is 27.9 Å². The Morgan fingerprint density at radius 2 is 1.83 bits per heavy atom. The van der Waals surface area contributed by atoms with Crippen molar-refractivity contribution in [2.24, 2.45) is 0 Å². The number of amides is 2. The first-order valence-electron chi connectivity index (χ1n) is 14.1. The van der Waals surface area contributed by atoms with Gasteiger partial charge >= 0.3 is 5.97 Å². The highest BCUT2D eigenvalue weighted by Gasteiger charge is 2.42. The van der Waals surface area contributed by atoms with Crippen LogP contribution in [-0.4, -0.2) is 111 Å². The van der Waals surface area contributed by atoms with Crippen LogP contribution >= 0.6 is 0 Å². The molecule has 0 spiro atoms. The number of piperazine rings is 1.